The third-order valence-electron chi connectivity index (χ3n) is 5.07. The number of carbonyl (C=O) groups is 2. The molecule has 0 aromatic heterocycles. The van der Waals surface area contributed by atoms with E-state index in [0.29, 0.717) is 0 Å². The van der Waals surface area contributed by atoms with Gasteiger partial charge in [0.05, 0.1) is 5.56 Å². The first-order valence-corrected chi connectivity index (χ1v) is 9.46. The van der Waals surface area contributed by atoms with Crippen molar-refractivity contribution in [1.82, 2.24) is 0 Å². The third kappa shape index (κ3) is 3.96. The van der Waals surface area contributed by atoms with Crippen LogP contribution in [-0.4, -0.2) is 16.2 Å². The van der Waals surface area contributed by atoms with Crippen LogP contribution in [0.15, 0.2) is 53.4 Å². The first kappa shape index (κ1) is 17.7. The first-order valence-electron chi connectivity index (χ1n) is 8.65. The molecule has 0 unspecified atom stereocenters. The predicted octanol–water partition coefficient (Wildman–Crippen LogP) is 5.54. The lowest BCUT2D eigenvalue weighted by atomic mass is 9.70. The predicted molar refractivity (Wildman–Crippen MR) is 100 cm³/mol. The summed E-state index contributed by atoms with van der Waals surface area (Å²) < 4.78 is 0. The number of hydrogen-bond acceptors (Lipinski definition) is 3. The summed E-state index contributed by atoms with van der Waals surface area (Å²) in [7, 11) is 0. The zero-order valence-corrected chi connectivity index (χ0v) is 15.1. The number of hydrogen-bond donors (Lipinski definition) is 1. The van der Waals surface area contributed by atoms with Gasteiger partial charge < -0.3 is 5.11 Å². The van der Waals surface area contributed by atoms with Gasteiger partial charge >= 0.3 is 5.97 Å². The molecule has 1 aliphatic carbocycles. The topological polar surface area (TPSA) is 54.4 Å². The summed E-state index contributed by atoms with van der Waals surface area (Å²) in [5, 5.41) is 8.99. The van der Waals surface area contributed by atoms with Gasteiger partial charge in [-0.1, -0.05) is 50.5 Å². The summed E-state index contributed by atoms with van der Waals surface area (Å²) in [4.78, 5) is 24.6. The van der Waals surface area contributed by atoms with Crippen molar-refractivity contribution < 1.29 is 14.7 Å². The van der Waals surface area contributed by atoms with E-state index in [1.807, 2.05) is 18.2 Å². The molecular weight excluding hydrogens is 332 g/mol. The Labute approximate surface area is 152 Å². The number of carboxylic acids is 1. The molecule has 1 saturated carbocycles. The van der Waals surface area contributed by atoms with Gasteiger partial charge in [-0.2, -0.15) is 0 Å². The van der Waals surface area contributed by atoms with E-state index < -0.39 is 5.97 Å². The van der Waals surface area contributed by atoms with E-state index in [1.54, 1.807) is 12.1 Å². The summed E-state index contributed by atoms with van der Waals surface area (Å²) in [6.45, 7) is 2.27. The van der Waals surface area contributed by atoms with Crippen molar-refractivity contribution in [2.75, 3.05) is 0 Å². The van der Waals surface area contributed by atoms with E-state index in [-0.39, 0.29) is 16.1 Å². The molecule has 0 saturated heterocycles. The quantitative estimate of drug-likeness (QED) is 0.733. The molecule has 3 nitrogen and oxygen atoms in total. The van der Waals surface area contributed by atoms with Gasteiger partial charge in [-0.15, -0.1) is 0 Å². The minimum absolute atomic E-state index is 0.0190. The van der Waals surface area contributed by atoms with Gasteiger partial charge in [-0.25, -0.2) is 4.79 Å². The van der Waals surface area contributed by atoms with Crippen LogP contribution in [0.2, 0.25) is 0 Å². The van der Waals surface area contributed by atoms with Crippen LogP contribution in [0.5, 0.6) is 0 Å². The largest absolute Gasteiger partial charge is 0.478 e. The van der Waals surface area contributed by atoms with E-state index in [1.165, 1.54) is 31.4 Å². The smallest absolute Gasteiger partial charge is 0.335 e. The Balaban J connectivity index is 1.84. The monoisotopic (exact) mass is 354 g/mol. The van der Waals surface area contributed by atoms with Crippen LogP contribution in [0, 0.1) is 0 Å². The van der Waals surface area contributed by atoms with E-state index >= 15 is 0 Å². The Hall–Kier alpha value is -2.07. The molecule has 2 aromatic carbocycles. The Bertz CT molecular complexity index is 774. The lowest BCUT2D eigenvalue weighted by molar-refractivity contribution is 0.0696. The standard InChI is InChI=1S/C21H22O3S/c1-21(13-5-2-6-14-21)18-8-4-3-7-17(18)20(24)25-16-11-9-15(10-12-16)19(22)23/h3-4,7-12H,2,5-6,13-14H2,1H3,(H,22,23). The van der Waals surface area contributed by atoms with E-state index in [4.69, 9.17) is 5.11 Å². The van der Waals surface area contributed by atoms with Gasteiger partial charge in [-0.3, -0.25) is 4.79 Å². The second-order valence-electron chi connectivity index (χ2n) is 6.89. The van der Waals surface area contributed by atoms with E-state index in [2.05, 4.69) is 13.0 Å². The SMILES string of the molecule is CC1(c2ccccc2C(=O)Sc2ccc(C(=O)O)cc2)CCCCC1. The van der Waals surface area contributed by atoms with Gasteiger partial charge in [0.25, 0.3) is 0 Å². The molecule has 2 aromatic rings. The number of aromatic carboxylic acids is 1. The van der Waals surface area contributed by atoms with Gasteiger partial charge in [-0.05, 0) is 59.8 Å². The Morgan fingerprint density at radius 2 is 1.60 bits per heavy atom. The minimum Gasteiger partial charge on any atom is -0.478 e. The van der Waals surface area contributed by atoms with Crippen molar-refractivity contribution in [3.63, 3.8) is 0 Å². The van der Waals surface area contributed by atoms with E-state index in [0.717, 1.165) is 40.6 Å². The van der Waals surface area contributed by atoms with Crippen LogP contribution in [0.1, 0.15) is 65.3 Å². The molecule has 3 rings (SSSR count). The fourth-order valence-corrected chi connectivity index (χ4v) is 4.39. The number of thioether (sulfide) groups is 1. The van der Waals surface area contributed by atoms with Gasteiger partial charge in [0.15, 0.2) is 0 Å². The van der Waals surface area contributed by atoms with Gasteiger partial charge in [0.1, 0.15) is 0 Å². The summed E-state index contributed by atoms with van der Waals surface area (Å²) in [5.41, 5.74) is 2.22. The maximum absolute atomic E-state index is 12.9. The van der Waals surface area contributed by atoms with Crippen LogP contribution in [0.3, 0.4) is 0 Å². The molecule has 25 heavy (non-hydrogen) atoms. The maximum Gasteiger partial charge on any atom is 0.335 e. The zero-order valence-electron chi connectivity index (χ0n) is 14.3. The highest BCUT2D eigenvalue weighted by molar-refractivity contribution is 8.14. The number of benzene rings is 2. The molecule has 1 fully saturated rings. The van der Waals surface area contributed by atoms with Crippen molar-refractivity contribution in [2.45, 2.75) is 49.3 Å². The number of carboxylic acid groups (broad SMARTS) is 1. The van der Waals surface area contributed by atoms with Crippen molar-refractivity contribution >= 4 is 22.8 Å². The Morgan fingerprint density at radius 3 is 2.24 bits per heavy atom. The maximum atomic E-state index is 12.9. The molecule has 0 amide bonds. The average Bonchev–Trinajstić information content (AvgIpc) is 2.63. The molecular formula is C21H22O3S. The molecule has 0 spiro atoms. The van der Waals surface area contributed by atoms with Crippen LogP contribution in [0.4, 0.5) is 0 Å². The van der Waals surface area contributed by atoms with Crippen molar-refractivity contribution in [3.8, 4) is 0 Å². The van der Waals surface area contributed by atoms with Crippen molar-refractivity contribution in [1.29, 1.82) is 0 Å². The van der Waals surface area contributed by atoms with Crippen LogP contribution in [0.25, 0.3) is 0 Å². The van der Waals surface area contributed by atoms with Crippen LogP contribution in [-0.2, 0) is 5.41 Å². The molecule has 0 heterocycles. The van der Waals surface area contributed by atoms with Crippen LogP contribution < -0.4 is 0 Å². The first-order chi connectivity index (χ1) is 12.0. The fraction of sp³-hybridized carbons (Fsp3) is 0.333. The highest BCUT2D eigenvalue weighted by atomic mass is 32.2. The molecule has 0 bridgehead atoms. The lowest BCUT2D eigenvalue weighted by Crippen LogP contribution is -2.27. The minimum atomic E-state index is -0.960. The van der Waals surface area contributed by atoms with Crippen molar-refractivity contribution in [2.24, 2.45) is 0 Å². The molecule has 130 valence electrons. The second kappa shape index (κ2) is 7.44. The molecule has 0 aliphatic heterocycles. The van der Waals surface area contributed by atoms with Gasteiger partial charge in [0, 0.05) is 10.5 Å². The second-order valence-corrected chi connectivity index (χ2v) is 7.93. The number of rotatable bonds is 4. The summed E-state index contributed by atoms with van der Waals surface area (Å²) >= 11 is 1.16. The zero-order chi connectivity index (χ0) is 17.9. The lowest BCUT2D eigenvalue weighted by Gasteiger charge is -2.35. The molecule has 4 heteroatoms. The molecule has 1 aliphatic rings. The molecule has 0 atom stereocenters. The highest BCUT2D eigenvalue weighted by Gasteiger charge is 2.32. The summed E-state index contributed by atoms with van der Waals surface area (Å²) in [6, 6.07) is 14.4. The number of carbonyl (C=O) groups excluding carboxylic acids is 1. The molecule has 1 N–H and O–H groups in total. The summed E-state index contributed by atoms with van der Waals surface area (Å²) in [6.07, 6.45) is 5.94. The summed E-state index contributed by atoms with van der Waals surface area (Å²) in [5.74, 6) is -0.960. The fourth-order valence-electron chi connectivity index (χ4n) is 3.62. The van der Waals surface area contributed by atoms with Gasteiger partial charge in [0.2, 0.25) is 5.12 Å². The normalized spacial score (nSPS) is 16.4. The van der Waals surface area contributed by atoms with E-state index in [9.17, 15) is 9.59 Å². The van der Waals surface area contributed by atoms with Crippen molar-refractivity contribution in [3.05, 3.63) is 65.2 Å². The Morgan fingerprint density at radius 1 is 0.960 bits per heavy atom. The molecule has 0 radical (unpaired) electrons. The third-order valence-corrected chi connectivity index (χ3v) is 5.98. The average molecular weight is 354 g/mol. The van der Waals surface area contributed by atoms with Crippen LogP contribution >= 0.6 is 11.8 Å². The Kier molecular flexibility index (Phi) is 5.28. The highest BCUT2D eigenvalue weighted by Crippen LogP contribution is 2.41.